The molecule has 0 amide bonds. The Morgan fingerprint density at radius 2 is 0.938 bits per heavy atom. The van der Waals surface area contributed by atoms with Crippen LogP contribution < -0.4 is 4.90 Å². The van der Waals surface area contributed by atoms with Crippen molar-refractivity contribution in [3.63, 3.8) is 0 Å². The summed E-state index contributed by atoms with van der Waals surface area (Å²) in [5.41, 5.74) is 19.0. The van der Waals surface area contributed by atoms with Gasteiger partial charge in [-0.2, -0.15) is 0 Å². The molecule has 2 aliphatic carbocycles. The van der Waals surface area contributed by atoms with Crippen LogP contribution in [0.4, 0.5) is 11.4 Å². The zero-order valence-electron chi connectivity index (χ0n) is 35.4. The zero-order valence-corrected chi connectivity index (χ0v) is 35.4. The molecule has 9 aromatic carbocycles. The van der Waals surface area contributed by atoms with E-state index in [0.717, 1.165) is 17.8 Å². The molecule has 0 radical (unpaired) electrons. The van der Waals surface area contributed by atoms with Crippen molar-refractivity contribution in [1.29, 1.82) is 0 Å². The SMILES string of the molecule is C1=CC2=C(C=C(N(c3ccc(-c4ccccc4)cc3)c3ccc(-c4ccc5c(c4)c4ccccc4n5-c4ccccc4)cc3)C1)c1ccccc1C2(c1ccccc1)c1ccccc1. The number of hydrogen-bond acceptors (Lipinski definition) is 1. The molecule has 0 bridgehead atoms. The van der Waals surface area contributed by atoms with Crippen molar-refractivity contribution in [3.8, 4) is 27.9 Å². The van der Waals surface area contributed by atoms with E-state index in [0.29, 0.717) is 0 Å². The molecule has 0 N–H and O–H groups in total. The summed E-state index contributed by atoms with van der Waals surface area (Å²) in [6, 6.07) is 86.4. The maximum absolute atomic E-state index is 2.47. The maximum atomic E-state index is 2.47. The molecule has 10 aromatic rings. The van der Waals surface area contributed by atoms with E-state index in [4.69, 9.17) is 0 Å². The molecule has 64 heavy (non-hydrogen) atoms. The molecule has 0 saturated carbocycles. The van der Waals surface area contributed by atoms with Crippen LogP contribution >= 0.6 is 0 Å². The second kappa shape index (κ2) is 15.6. The van der Waals surface area contributed by atoms with Gasteiger partial charge in [0.2, 0.25) is 0 Å². The van der Waals surface area contributed by atoms with Crippen LogP contribution in [-0.4, -0.2) is 4.57 Å². The van der Waals surface area contributed by atoms with E-state index in [1.54, 1.807) is 0 Å². The number of hydrogen-bond donors (Lipinski definition) is 0. The minimum absolute atomic E-state index is 0.463. The van der Waals surface area contributed by atoms with Crippen LogP contribution in [0.15, 0.2) is 266 Å². The summed E-state index contributed by atoms with van der Waals surface area (Å²) in [5.74, 6) is 0. The van der Waals surface area contributed by atoms with E-state index in [-0.39, 0.29) is 0 Å². The molecule has 2 heteroatoms. The zero-order chi connectivity index (χ0) is 42.5. The smallest absolute Gasteiger partial charge is 0.0713 e. The summed E-state index contributed by atoms with van der Waals surface area (Å²) in [6.07, 6.45) is 8.02. The molecule has 0 unspecified atom stereocenters. The summed E-state index contributed by atoms with van der Waals surface area (Å²) in [4.78, 5) is 2.46. The van der Waals surface area contributed by atoms with E-state index in [9.17, 15) is 0 Å². The molecule has 0 fully saturated rings. The average molecular weight is 817 g/mol. The maximum Gasteiger partial charge on any atom is 0.0713 e. The van der Waals surface area contributed by atoms with Gasteiger partial charge in [0.1, 0.15) is 0 Å². The first kappa shape index (κ1) is 37.6. The highest BCUT2D eigenvalue weighted by Crippen LogP contribution is 2.56. The number of para-hydroxylation sites is 2. The van der Waals surface area contributed by atoms with Crippen LogP contribution in [0.25, 0.3) is 55.3 Å². The van der Waals surface area contributed by atoms with Gasteiger partial charge in [-0.3, -0.25) is 0 Å². The van der Waals surface area contributed by atoms with Gasteiger partial charge in [-0.1, -0.05) is 194 Å². The number of anilines is 2. The topological polar surface area (TPSA) is 8.17 Å². The van der Waals surface area contributed by atoms with Gasteiger partial charge in [0.15, 0.2) is 0 Å². The van der Waals surface area contributed by atoms with Crippen molar-refractivity contribution in [2.45, 2.75) is 11.8 Å². The van der Waals surface area contributed by atoms with E-state index >= 15 is 0 Å². The predicted molar refractivity (Wildman–Crippen MR) is 268 cm³/mol. The van der Waals surface area contributed by atoms with Crippen LogP contribution in [0, 0.1) is 0 Å². The quantitative estimate of drug-likeness (QED) is 0.148. The molecule has 0 saturated heterocycles. The van der Waals surface area contributed by atoms with Crippen LogP contribution in [0.5, 0.6) is 0 Å². The van der Waals surface area contributed by atoms with Crippen molar-refractivity contribution >= 4 is 38.8 Å². The van der Waals surface area contributed by atoms with Crippen LogP contribution in [0.1, 0.15) is 28.7 Å². The first-order valence-corrected chi connectivity index (χ1v) is 22.2. The molecule has 302 valence electrons. The largest absolute Gasteiger partial charge is 0.314 e. The molecule has 2 aliphatic rings. The first-order valence-electron chi connectivity index (χ1n) is 22.2. The Labute approximate surface area is 374 Å². The van der Waals surface area contributed by atoms with Gasteiger partial charge in [-0.15, -0.1) is 0 Å². The molecule has 0 atom stereocenters. The highest BCUT2D eigenvalue weighted by Gasteiger charge is 2.46. The minimum atomic E-state index is -0.463. The molecule has 1 heterocycles. The molecule has 2 nitrogen and oxygen atoms in total. The molecular formula is C62H44N2. The van der Waals surface area contributed by atoms with Crippen LogP contribution in [0.2, 0.25) is 0 Å². The number of nitrogens with zero attached hydrogens (tertiary/aromatic N) is 2. The van der Waals surface area contributed by atoms with Gasteiger partial charge >= 0.3 is 0 Å². The standard InChI is InChI=1S/C62H44N2/c1-5-18-44(19-6-1)45-32-37-51(38-33-45)63(52-39-34-46(35-40-52)47-36-41-61-57(42-47)55-28-14-16-31-60(55)64(61)50-24-11-4-12-25-50)53-26-17-30-59-56(43-53)54-27-13-15-29-58(54)62(59,48-20-7-2-8-21-48)49-22-9-3-10-23-49/h1-25,27-43H,26H2. The monoisotopic (exact) mass is 816 g/mol. The van der Waals surface area contributed by atoms with Crippen molar-refractivity contribution in [2.24, 2.45) is 0 Å². The summed E-state index contributed by atoms with van der Waals surface area (Å²) >= 11 is 0. The molecule has 0 spiro atoms. The summed E-state index contributed by atoms with van der Waals surface area (Å²) in [5, 5.41) is 2.50. The first-order chi connectivity index (χ1) is 31.8. The fourth-order valence-electron chi connectivity index (χ4n) is 10.5. The van der Waals surface area contributed by atoms with Crippen molar-refractivity contribution in [2.75, 3.05) is 4.90 Å². The molecular weight excluding hydrogens is 773 g/mol. The Balaban J connectivity index is 1.00. The number of fused-ring (bicyclic) bond motifs is 5. The second-order valence-electron chi connectivity index (χ2n) is 16.8. The Morgan fingerprint density at radius 1 is 0.422 bits per heavy atom. The number of allylic oxidation sites excluding steroid dienone is 5. The van der Waals surface area contributed by atoms with Gasteiger partial charge in [0, 0.05) is 40.0 Å². The van der Waals surface area contributed by atoms with E-state index in [2.05, 4.69) is 264 Å². The lowest BCUT2D eigenvalue weighted by Crippen LogP contribution is -2.29. The third-order valence-electron chi connectivity index (χ3n) is 13.3. The fraction of sp³-hybridized carbons (Fsp3) is 0.0323. The van der Waals surface area contributed by atoms with Crippen molar-refractivity contribution < 1.29 is 0 Å². The Kier molecular flexibility index (Phi) is 9.16. The highest BCUT2D eigenvalue weighted by atomic mass is 15.1. The lowest BCUT2D eigenvalue weighted by Gasteiger charge is -2.34. The van der Waals surface area contributed by atoms with Gasteiger partial charge in [0.25, 0.3) is 0 Å². The number of aromatic nitrogens is 1. The van der Waals surface area contributed by atoms with Gasteiger partial charge in [-0.25, -0.2) is 0 Å². The predicted octanol–water partition coefficient (Wildman–Crippen LogP) is 15.9. The van der Waals surface area contributed by atoms with Gasteiger partial charge in [-0.05, 0) is 116 Å². The van der Waals surface area contributed by atoms with E-state index in [1.807, 2.05) is 0 Å². The van der Waals surface area contributed by atoms with Gasteiger partial charge in [0.05, 0.1) is 16.4 Å². The fourth-order valence-corrected chi connectivity index (χ4v) is 10.5. The second-order valence-corrected chi connectivity index (χ2v) is 16.8. The number of rotatable bonds is 8. The normalized spacial score (nSPS) is 14.0. The Hall–Kier alpha value is -8.20. The lowest BCUT2D eigenvalue weighted by atomic mass is 9.67. The van der Waals surface area contributed by atoms with Crippen molar-refractivity contribution in [1.82, 2.24) is 4.57 Å². The summed E-state index contributed by atoms with van der Waals surface area (Å²) < 4.78 is 2.38. The molecule has 1 aromatic heterocycles. The Bertz CT molecular complexity index is 3370. The van der Waals surface area contributed by atoms with Crippen molar-refractivity contribution in [3.05, 3.63) is 288 Å². The van der Waals surface area contributed by atoms with Crippen LogP contribution in [-0.2, 0) is 5.41 Å². The van der Waals surface area contributed by atoms with Crippen LogP contribution in [0.3, 0.4) is 0 Å². The minimum Gasteiger partial charge on any atom is -0.314 e. The third kappa shape index (κ3) is 6.10. The van der Waals surface area contributed by atoms with E-state index in [1.165, 1.54) is 88.8 Å². The highest BCUT2D eigenvalue weighted by molar-refractivity contribution is 6.10. The third-order valence-corrected chi connectivity index (χ3v) is 13.3. The molecule has 0 aliphatic heterocycles. The average Bonchev–Trinajstić information content (AvgIpc) is 3.74. The molecule has 12 rings (SSSR count). The van der Waals surface area contributed by atoms with E-state index < -0.39 is 5.41 Å². The summed E-state index contributed by atoms with van der Waals surface area (Å²) in [7, 11) is 0. The number of benzene rings is 9. The summed E-state index contributed by atoms with van der Waals surface area (Å²) in [6.45, 7) is 0. The lowest BCUT2D eigenvalue weighted by molar-refractivity contribution is 0.761. The van der Waals surface area contributed by atoms with Gasteiger partial charge < -0.3 is 9.47 Å². The Morgan fingerprint density at radius 3 is 1.61 bits per heavy atom.